The van der Waals surface area contributed by atoms with E-state index < -0.39 is 10.8 Å². The van der Waals surface area contributed by atoms with Gasteiger partial charge in [-0.25, -0.2) is 4.98 Å². The van der Waals surface area contributed by atoms with Crippen molar-refractivity contribution in [1.82, 2.24) is 15.0 Å². The number of aromatic nitrogens is 3. The molecular formula is C17H19N3NaO3S+. The van der Waals surface area contributed by atoms with Gasteiger partial charge in [0.15, 0.2) is 5.16 Å². The van der Waals surface area contributed by atoms with Gasteiger partial charge in [-0.2, -0.15) is 0 Å². The Morgan fingerprint density at radius 3 is 2.64 bits per heavy atom. The van der Waals surface area contributed by atoms with Gasteiger partial charge in [0.1, 0.15) is 11.5 Å². The van der Waals surface area contributed by atoms with Gasteiger partial charge >= 0.3 is 29.6 Å². The molecule has 8 heteroatoms. The minimum atomic E-state index is -1.33. The number of aryl methyl sites for hydroxylation is 1. The van der Waals surface area contributed by atoms with Crippen LogP contribution in [0, 0.1) is 13.8 Å². The number of aromatic amines is 1. The van der Waals surface area contributed by atoms with Crippen molar-refractivity contribution in [3.05, 3.63) is 41.2 Å². The molecule has 3 aromatic rings. The van der Waals surface area contributed by atoms with E-state index in [1.54, 1.807) is 20.4 Å². The van der Waals surface area contributed by atoms with E-state index in [9.17, 15) is 4.21 Å². The Morgan fingerprint density at radius 2 is 1.96 bits per heavy atom. The van der Waals surface area contributed by atoms with Gasteiger partial charge in [-0.15, -0.1) is 0 Å². The third-order valence-electron chi connectivity index (χ3n) is 3.90. The van der Waals surface area contributed by atoms with Crippen molar-refractivity contribution in [1.29, 1.82) is 0 Å². The summed E-state index contributed by atoms with van der Waals surface area (Å²) < 4.78 is 23.3. The molecule has 126 valence electrons. The van der Waals surface area contributed by atoms with Gasteiger partial charge in [0.2, 0.25) is 0 Å². The van der Waals surface area contributed by atoms with Gasteiger partial charge < -0.3 is 14.5 Å². The second kappa shape index (κ2) is 8.31. The number of nitrogens with zero attached hydrogens (tertiary/aromatic N) is 2. The number of nitrogens with one attached hydrogen (secondary N) is 1. The number of rotatable bonds is 5. The SMILES string of the molecule is COc1ccc2nc([S@](=O)Cc3ncc(C)c(OC)c3C)[nH]c2c1.[Na+]. The van der Waals surface area contributed by atoms with Gasteiger partial charge in [0.05, 0.1) is 47.5 Å². The first-order valence-electron chi connectivity index (χ1n) is 7.44. The molecule has 6 nitrogen and oxygen atoms in total. The summed E-state index contributed by atoms with van der Waals surface area (Å²) in [5.41, 5.74) is 4.16. The maximum absolute atomic E-state index is 12.7. The second-order valence-corrected chi connectivity index (χ2v) is 6.83. The predicted octanol–water partition coefficient (Wildman–Crippen LogP) is -0.0963. The largest absolute Gasteiger partial charge is 1.00 e. The van der Waals surface area contributed by atoms with Gasteiger partial charge in [0, 0.05) is 23.4 Å². The molecule has 0 radical (unpaired) electrons. The summed E-state index contributed by atoms with van der Waals surface area (Å²) in [4.78, 5) is 11.9. The van der Waals surface area contributed by atoms with E-state index in [4.69, 9.17) is 9.47 Å². The van der Waals surface area contributed by atoms with Crippen molar-refractivity contribution in [2.75, 3.05) is 14.2 Å². The van der Waals surface area contributed by atoms with E-state index >= 15 is 0 Å². The number of pyridine rings is 1. The summed E-state index contributed by atoms with van der Waals surface area (Å²) in [6.07, 6.45) is 1.74. The first kappa shape index (κ1) is 19.9. The fourth-order valence-corrected chi connectivity index (χ4v) is 3.71. The van der Waals surface area contributed by atoms with Crippen LogP contribution in [0.3, 0.4) is 0 Å². The standard InChI is InChI=1S/C17H19N3O3S.Na/c1-10-8-18-15(11(2)16(10)23-4)9-24(21)17-19-13-6-5-12(22-3)7-14(13)20-17;/h5-8H,9H2,1-4H3,(H,19,20);/q;+1/t24-;/m1./s1. The third kappa shape index (κ3) is 4.06. The summed E-state index contributed by atoms with van der Waals surface area (Å²) in [5.74, 6) is 1.79. The van der Waals surface area contributed by atoms with Crippen molar-refractivity contribution in [2.45, 2.75) is 24.8 Å². The number of hydrogen-bond donors (Lipinski definition) is 1. The Kier molecular flexibility index (Phi) is 6.62. The maximum Gasteiger partial charge on any atom is 1.00 e. The van der Waals surface area contributed by atoms with Crippen LogP contribution >= 0.6 is 0 Å². The molecule has 0 aliphatic rings. The molecule has 1 aromatic carbocycles. The van der Waals surface area contributed by atoms with Crippen LogP contribution in [-0.4, -0.2) is 33.4 Å². The Bertz CT molecular complexity index is 927. The second-order valence-electron chi connectivity index (χ2n) is 5.46. The molecule has 0 spiro atoms. The third-order valence-corrected chi connectivity index (χ3v) is 5.06. The molecule has 1 atom stereocenters. The maximum atomic E-state index is 12.7. The fourth-order valence-electron chi connectivity index (χ4n) is 2.61. The van der Waals surface area contributed by atoms with E-state index in [0.29, 0.717) is 5.16 Å². The van der Waals surface area contributed by atoms with E-state index in [-0.39, 0.29) is 35.3 Å². The van der Waals surface area contributed by atoms with Gasteiger partial charge in [-0.3, -0.25) is 9.19 Å². The minimum absolute atomic E-state index is 0. The fraction of sp³-hybridized carbons (Fsp3) is 0.294. The van der Waals surface area contributed by atoms with Crippen LogP contribution in [0.25, 0.3) is 11.0 Å². The summed E-state index contributed by atoms with van der Waals surface area (Å²) >= 11 is 0. The van der Waals surface area contributed by atoms with Gasteiger partial charge in [-0.1, -0.05) is 0 Å². The van der Waals surface area contributed by atoms with Crippen molar-refractivity contribution >= 4 is 21.8 Å². The summed E-state index contributed by atoms with van der Waals surface area (Å²) in [5, 5.41) is 0.430. The first-order valence-corrected chi connectivity index (χ1v) is 8.76. The molecule has 2 aromatic heterocycles. The van der Waals surface area contributed by atoms with Crippen LogP contribution in [0.2, 0.25) is 0 Å². The van der Waals surface area contributed by atoms with Crippen molar-refractivity contribution in [2.24, 2.45) is 0 Å². The minimum Gasteiger partial charge on any atom is -0.497 e. The molecule has 3 rings (SSSR count). The average molecular weight is 368 g/mol. The zero-order chi connectivity index (χ0) is 17.3. The van der Waals surface area contributed by atoms with Crippen LogP contribution < -0.4 is 39.0 Å². The monoisotopic (exact) mass is 368 g/mol. The van der Waals surface area contributed by atoms with Crippen LogP contribution in [0.15, 0.2) is 29.6 Å². The van der Waals surface area contributed by atoms with Crippen LogP contribution in [0.1, 0.15) is 16.8 Å². The number of ether oxygens (including phenoxy) is 2. The molecule has 0 amide bonds. The molecular weight excluding hydrogens is 349 g/mol. The van der Waals surface area contributed by atoms with Gasteiger partial charge in [0.25, 0.3) is 0 Å². The Hall–Kier alpha value is -1.41. The normalized spacial score (nSPS) is 11.8. The summed E-state index contributed by atoms with van der Waals surface area (Å²) in [7, 11) is 1.91. The predicted molar refractivity (Wildman–Crippen MR) is 93.0 cm³/mol. The number of methoxy groups -OCH3 is 2. The molecule has 0 saturated heterocycles. The van der Waals surface area contributed by atoms with Crippen molar-refractivity contribution < 1.29 is 43.2 Å². The molecule has 0 fully saturated rings. The van der Waals surface area contributed by atoms with E-state index in [2.05, 4.69) is 15.0 Å². The molecule has 0 saturated carbocycles. The zero-order valence-electron chi connectivity index (χ0n) is 15.0. The number of hydrogen-bond acceptors (Lipinski definition) is 5. The van der Waals surface area contributed by atoms with E-state index in [0.717, 1.165) is 39.4 Å². The number of imidazole rings is 1. The van der Waals surface area contributed by atoms with Crippen LogP contribution in [-0.2, 0) is 16.6 Å². The first-order chi connectivity index (χ1) is 11.5. The van der Waals surface area contributed by atoms with Gasteiger partial charge in [-0.05, 0) is 26.0 Å². The Labute approximate surface area is 171 Å². The van der Waals surface area contributed by atoms with Crippen LogP contribution in [0.5, 0.6) is 11.5 Å². The summed E-state index contributed by atoms with van der Waals surface area (Å²) in [6.45, 7) is 3.86. The van der Waals surface area contributed by atoms with Crippen molar-refractivity contribution in [3.8, 4) is 11.5 Å². The Morgan fingerprint density at radius 1 is 1.20 bits per heavy atom. The molecule has 25 heavy (non-hydrogen) atoms. The molecule has 0 bridgehead atoms. The Balaban J connectivity index is 0.00000225. The number of benzene rings is 1. The smallest absolute Gasteiger partial charge is 0.497 e. The van der Waals surface area contributed by atoms with E-state index in [1.165, 1.54) is 0 Å². The number of fused-ring (bicyclic) bond motifs is 1. The molecule has 1 N–H and O–H groups in total. The average Bonchev–Trinajstić information content (AvgIpc) is 3.01. The molecule has 0 aliphatic heterocycles. The molecule has 0 aliphatic carbocycles. The summed E-state index contributed by atoms with van der Waals surface area (Å²) in [6, 6.07) is 5.50. The topological polar surface area (TPSA) is 77.1 Å². The van der Waals surface area contributed by atoms with Crippen LogP contribution in [0.4, 0.5) is 0 Å². The number of H-pyrrole nitrogens is 1. The van der Waals surface area contributed by atoms with Crippen molar-refractivity contribution in [3.63, 3.8) is 0 Å². The molecule has 2 heterocycles. The van der Waals surface area contributed by atoms with E-state index in [1.807, 2.05) is 32.0 Å². The quantitative estimate of drug-likeness (QED) is 0.637. The molecule has 0 unspecified atom stereocenters. The zero-order valence-corrected chi connectivity index (χ0v) is 17.9.